The van der Waals surface area contributed by atoms with E-state index in [9.17, 15) is 0 Å². The van der Waals surface area contributed by atoms with Crippen molar-refractivity contribution in [2.24, 2.45) is 0 Å². The molecule has 0 atom stereocenters. The van der Waals surface area contributed by atoms with Gasteiger partial charge in [0.2, 0.25) is 0 Å². The van der Waals surface area contributed by atoms with E-state index >= 15 is 0 Å². The molecule has 0 radical (unpaired) electrons. The summed E-state index contributed by atoms with van der Waals surface area (Å²) in [6.07, 6.45) is 0. The molecule has 7 heteroatoms. The van der Waals surface area contributed by atoms with Gasteiger partial charge in [-0.05, 0) is 0 Å². The normalized spacial score (nSPS) is 0. The second-order valence-corrected chi connectivity index (χ2v) is 0. The molecule has 0 aromatic rings. The van der Waals surface area contributed by atoms with Gasteiger partial charge in [-0.2, -0.15) is 0 Å². The van der Waals surface area contributed by atoms with Crippen LogP contribution in [0.1, 0.15) is 0 Å². The zero-order valence-corrected chi connectivity index (χ0v) is 9.72. The first-order valence-corrected chi connectivity index (χ1v) is 0. The van der Waals surface area contributed by atoms with Gasteiger partial charge in [0.05, 0.1) is 0 Å². The van der Waals surface area contributed by atoms with Gasteiger partial charge in [-0.15, -0.1) is 0 Å². The van der Waals surface area contributed by atoms with Crippen LogP contribution >= 0.6 is 0 Å². The van der Waals surface area contributed by atoms with Gasteiger partial charge in [0.25, 0.3) is 0 Å². The molecule has 0 unspecified atom stereocenters. The van der Waals surface area contributed by atoms with Crippen LogP contribution in [0.3, 0.4) is 0 Å². The van der Waals surface area contributed by atoms with Crippen LogP contribution in [0.5, 0.6) is 0 Å². The molecule has 0 aliphatic heterocycles. The molecule has 0 aliphatic rings. The quantitative estimate of drug-likeness (QED) is 0.532. The van der Waals surface area contributed by atoms with Crippen LogP contribution in [-0.4, -0.2) is 0 Å². The summed E-state index contributed by atoms with van der Waals surface area (Å²) in [5.74, 6) is 0. The summed E-state index contributed by atoms with van der Waals surface area (Å²) in [4.78, 5) is 0. The first-order chi connectivity index (χ1) is 0. The van der Waals surface area contributed by atoms with Gasteiger partial charge in [0.1, 0.15) is 0 Å². The molecule has 38 valence electrons. The molecular formula is FeO4ZnZr. The minimum absolute atomic E-state index is 0. The van der Waals surface area contributed by atoms with Crippen LogP contribution < -0.4 is 0 Å². The van der Waals surface area contributed by atoms with E-state index in [0.717, 1.165) is 0 Å². The molecule has 0 aromatic heterocycles. The Morgan fingerprint density at radius 2 is 0.571 bits per heavy atom. The molecule has 0 fully saturated rings. The predicted octanol–water partition coefficient (Wildman–Crippen LogP) is -0.483. The van der Waals surface area contributed by atoms with Crippen LogP contribution in [0.4, 0.5) is 0 Å². The molecule has 0 aliphatic carbocycles. The Balaban J connectivity index is 0. The second-order valence-electron chi connectivity index (χ2n) is 0. The zero-order valence-electron chi connectivity index (χ0n) is 3.19. The minimum Gasteiger partial charge on any atom is -2.00 e. The van der Waals surface area contributed by atoms with Gasteiger partial charge in [0, 0.05) is 0 Å². The van der Waals surface area contributed by atoms with E-state index in [4.69, 9.17) is 0 Å². The van der Waals surface area contributed by atoms with Crippen molar-refractivity contribution in [1.29, 1.82) is 0 Å². The Labute approximate surface area is 84.0 Å². The minimum atomic E-state index is 0. The molecule has 0 rings (SSSR count). The maximum Gasteiger partial charge on any atom is 4.00 e. The number of hydrogen-bond acceptors (Lipinski definition) is 0. The third kappa shape index (κ3) is 77.7. The third-order valence-electron chi connectivity index (χ3n) is 0. The molecule has 0 spiro atoms. The van der Waals surface area contributed by atoms with Crippen molar-refractivity contribution in [3.05, 3.63) is 0 Å². The molecule has 0 amide bonds. The summed E-state index contributed by atoms with van der Waals surface area (Å²) in [5, 5.41) is 0. The molecule has 4 nitrogen and oxygen atoms in total. The Kier molecular flexibility index (Phi) is 2400. The SMILES string of the molecule is [Fe+2].[O-2].[O-2].[O-2].[O-2].[Zn+2].[Zr+4]. The van der Waals surface area contributed by atoms with E-state index in [-0.39, 0.29) is 84.7 Å². The van der Waals surface area contributed by atoms with E-state index in [0.29, 0.717) is 0 Å². The second kappa shape index (κ2) is 106. The van der Waals surface area contributed by atoms with E-state index in [1.807, 2.05) is 0 Å². The van der Waals surface area contributed by atoms with Crippen LogP contribution in [0.25, 0.3) is 0 Å². The van der Waals surface area contributed by atoms with Gasteiger partial charge in [-0.1, -0.05) is 0 Å². The fourth-order valence-electron chi connectivity index (χ4n) is 0. The molecule has 0 N–H and O–H groups in total. The van der Waals surface area contributed by atoms with Gasteiger partial charge >= 0.3 is 62.8 Å². The summed E-state index contributed by atoms with van der Waals surface area (Å²) < 4.78 is 0. The van der Waals surface area contributed by atoms with Crippen molar-refractivity contribution in [2.75, 3.05) is 0 Å². The van der Waals surface area contributed by atoms with Crippen LogP contribution in [0, 0.1) is 0 Å². The van der Waals surface area contributed by atoms with Crippen LogP contribution in [-0.2, 0) is 84.7 Å². The first kappa shape index (κ1) is 158. The van der Waals surface area contributed by atoms with Crippen molar-refractivity contribution in [3.63, 3.8) is 0 Å². The van der Waals surface area contributed by atoms with Gasteiger partial charge in [0.15, 0.2) is 0 Å². The van der Waals surface area contributed by atoms with Gasteiger partial charge in [-0.25, -0.2) is 0 Å². The smallest absolute Gasteiger partial charge is 2.00 e. The van der Waals surface area contributed by atoms with E-state index < -0.39 is 0 Å². The molecule has 0 aromatic carbocycles. The van der Waals surface area contributed by atoms with E-state index in [1.54, 1.807) is 0 Å². The fourth-order valence-corrected chi connectivity index (χ4v) is 0. The summed E-state index contributed by atoms with van der Waals surface area (Å²) in [5.41, 5.74) is 0. The maximum atomic E-state index is 0. The van der Waals surface area contributed by atoms with Crippen molar-refractivity contribution >= 4 is 0 Å². The van der Waals surface area contributed by atoms with Crippen molar-refractivity contribution in [3.8, 4) is 0 Å². The summed E-state index contributed by atoms with van der Waals surface area (Å²) in [6.45, 7) is 0. The summed E-state index contributed by atoms with van der Waals surface area (Å²) in [6, 6.07) is 0. The monoisotopic (exact) mass is 274 g/mol. The molecule has 0 saturated carbocycles. The maximum absolute atomic E-state index is 0. The molecular weight excluding hydrogens is 276 g/mol. The first-order valence-electron chi connectivity index (χ1n) is 0. The predicted molar refractivity (Wildman–Crippen MR) is 2.75 cm³/mol. The molecule has 0 bridgehead atoms. The Bertz CT molecular complexity index is 11.7. The zero-order chi connectivity index (χ0) is 0. The van der Waals surface area contributed by atoms with Gasteiger partial charge < -0.3 is 21.9 Å². The van der Waals surface area contributed by atoms with Gasteiger partial charge in [-0.3, -0.25) is 0 Å². The standard InChI is InChI=1S/Fe.4O.Zn.Zr/q+2;4*-2;+2;+4. The number of hydrogen-bond donors (Lipinski definition) is 0. The summed E-state index contributed by atoms with van der Waals surface area (Å²) >= 11 is 0. The largest absolute Gasteiger partial charge is 4.00 e. The van der Waals surface area contributed by atoms with E-state index in [1.165, 1.54) is 0 Å². The third-order valence-corrected chi connectivity index (χ3v) is 0. The van der Waals surface area contributed by atoms with Crippen molar-refractivity contribution in [1.82, 2.24) is 0 Å². The Hall–Kier alpha value is 1.87. The Morgan fingerprint density at radius 3 is 0.571 bits per heavy atom. The molecule has 0 heterocycles. The van der Waals surface area contributed by atoms with Crippen molar-refractivity contribution < 1.29 is 84.7 Å². The fraction of sp³-hybridized carbons (Fsp3) is 0. The Morgan fingerprint density at radius 1 is 0.571 bits per heavy atom. The number of rotatable bonds is 0. The molecule has 7 heavy (non-hydrogen) atoms. The van der Waals surface area contributed by atoms with Crippen LogP contribution in [0.2, 0.25) is 0 Å². The van der Waals surface area contributed by atoms with E-state index in [2.05, 4.69) is 0 Å². The van der Waals surface area contributed by atoms with Crippen LogP contribution in [0.15, 0.2) is 0 Å². The topological polar surface area (TPSA) is 114 Å². The summed E-state index contributed by atoms with van der Waals surface area (Å²) in [7, 11) is 0. The average Bonchev–Trinajstić information content (AvgIpc) is 0. The average molecular weight is 276 g/mol. The molecule has 0 saturated heterocycles. The van der Waals surface area contributed by atoms with Crippen molar-refractivity contribution in [2.45, 2.75) is 0 Å².